The Morgan fingerprint density at radius 1 is 0.741 bits per heavy atom. The summed E-state index contributed by atoms with van der Waals surface area (Å²) in [6, 6.07) is 48.3. The van der Waals surface area contributed by atoms with Crippen LogP contribution in [-0.2, 0) is 0 Å². The first-order chi connectivity index (χ1) is 26.7. The molecule has 2 aliphatic carbocycles. The second kappa shape index (κ2) is 13.1. The van der Waals surface area contributed by atoms with Crippen molar-refractivity contribution in [3.63, 3.8) is 0 Å². The average Bonchev–Trinajstić information content (AvgIpc) is 3.37. The number of nitrogens with zero attached hydrogens (tertiary/aromatic N) is 5. The number of aromatic nitrogens is 3. The van der Waals surface area contributed by atoms with E-state index in [4.69, 9.17) is 9.97 Å². The first-order valence-corrected chi connectivity index (χ1v) is 18.3. The van der Waals surface area contributed by atoms with Crippen LogP contribution in [0.2, 0.25) is 0 Å². The SMILES string of the molecule is N#Cc1ccc(-c2cc(-c3cccc(-n4c5c(c6ccccc64)C=CC4CC5N(C5=CC=CCC#C5)c5ccccc54)c3)nc(-c3ccccc3)n2)cc1. The fourth-order valence-corrected chi connectivity index (χ4v) is 8.24. The number of fused-ring (bicyclic) bond motifs is 8. The normalized spacial score (nSPS) is 16.6. The summed E-state index contributed by atoms with van der Waals surface area (Å²) in [5.74, 6) is 7.84. The van der Waals surface area contributed by atoms with E-state index in [1.165, 1.54) is 27.9 Å². The van der Waals surface area contributed by atoms with Crippen LogP contribution in [0.1, 0.15) is 47.2 Å². The quantitative estimate of drug-likeness (QED) is 0.169. The van der Waals surface area contributed by atoms with Crippen molar-refractivity contribution in [2.45, 2.75) is 24.8 Å². The van der Waals surface area contributed by atoms with Gasteiger partial charge in [0.25, 0.3) is 0 Å². The number of allylic oxidation sites excluding steroid dienone is 5. The average molecular weight is 692 g/mol. The van der Waals surface area contributed by atoms with Gasteiger partial charge in [0.05, 0.1) is 46.0 Å². The topological polar surface area (TPSA) is 57.7 Å². The van der Waals surface area contributed by atoms with Gasteiger partial charge in [-0.2, -0.15) is 5.26 Å². The van der Waals surface area contributed by atoms with Crippen molar-refractivity contribution in [2.75, 3.05) is 4.90 Å². The molecule has 3 heterocycles. The number of hydrogen-bond donors (Lipinski definition) is 0. The van der Waals surface area contributed by atoms with Gasteiger partial charge in [0.15, 0.2) is 5.82 Å². The van der Waals surface area contributed by atoms with Crippen LogP contribution in [0, 0.1) is 23.2 Å². The molecular formula is C49H33N5. The van der Waals surface area contributed by atoms with Crippen molar-refractivity contribution in [1.29, 1.82) is 5.26 Å². The number of hydrogen-bond acceptors (Lipinski definition) is 4. The zero-order chi connectivity index (χ0) is 36.0. The summed E-state index contributed by atoms with van der Waals surface area (Å²) in [5.41, 5.74) is 13.4. The fraction of sp³-hybridized carbons (Fsp3) is 0.0816. The Hall–Kier alpha value is -7.21. The highest BCUT2D eigenvalue weighted by molar-refractivity contribution is 5.94. The lowest BCUT2D eigenvalue weighted by Crippen LogP contribution is -2.34. The third-order valence-electron chi connectivity index (χ3n) is 10.7. The largest absolute Gasteiger partial charge is 0.325 e. The van der Waals surface area contributed by atoms with Gasteiger partial charge in [-0.1, -0.05) is 121 Å². The summed E-state index contributed by atoms with van der Waals surface area (Å²) < 4.78 is 2.47. The van der Waals surface area contributed by atoms with E-state index in [1.54, 1.807) is 0 Å². The number of rotatable bonds is 5. The van der Waals surface area contributed by atoms with E-state index in [9.17, 15) is 5.26 Å². The minimum absolute atomic E-state index is 0.0322. The van der Waals surface area contributed by atoms with Gasteiger partial charge in [-0.25, -0.2) is 9.97 Å². The van der Waals surface area contributed by atoms with Crippen molar-refractivity contribution in [3.05, 3.63) is 186 Å². The van der Waals surface area contributed by atoms with Crippen LogP contribution < -0.4 is 4.90 Å². The van der Waals surface area contributed by atoms with Crippen LogP contribution in [-0.4, -0.2) is 14.5 Å². The predicted molar refractivity (Wildman–Crippen MR) is 218 cm³/mol. The zero-order valence-electron chi connectivity index (χ0n) is 29.4. The highest BCUT2D eigenvalue weighted by atomic mass is 15.2. The molecule has 54 heavy (non-hydrogen) atoms. The van der Waals surface area contributed by atoms with Gasteiger partial charge in [0, 0.05) is 51.4 Å². The standard InChI is InChI=1S/C49H33N5/c50-32-33-23-25-34(26-24-33)43-31-44(52-49(51-43)35-13-4-3-5-14-35)37-15-12-18-39(29-37)54-46-22-11-9-20-41(46)42-28-27-36-30-47(48(42)54)53(38-16-6-1-2-7-17-38)45-21-10-8-19-40(36)45/h1,3-6,8-16,18-29,31,36,47H,2,30H2. The summed E-state index contributed by atoms with van der Waals surface area (Å²) in [4.78, 5) is 12.7. The van der Waals surface area contributed by atoms with Gasteiger partial charge in [-0.05, 0) is 66.4 Å². The third kappa shape index (κ3) is 5.34. The molecule has 3 aliphatic rings. The summed E-state index contributed by atoms with van der Waals surface area (Å²) in [7, 11) is 0. The second-order valence-corrected chi connectivity index (χ2v) is 13.9. The molecule has 0 amide bonds. The molecule has 5 aromatic carbocycles. The van der Waals surface area contributed by atoms with E-state index in [0.29, 0.717) is 11.4 Å². The number of nitriles is 1. The highest BCUT2D eigenvalue weighted by Gasteiger charge is 2.39. The van der Waals surface area contributed by atoms with Crippen LogP contribution in [0.15, 0.2) is 163 Å². The Bertz CT molecular complexity index is 2800. The van der Waals surface area contributed by atoms with Gasteiger partial charge < -0.3 is 9.47 Å². The maximum absolute atomic E-state index is 9.43. The first kappa shape index (κ1) is 31.5. The lowest BCUT2D eigenvalue weighted by atomic mass is 9.85. The fourth-order valence-electron chi connectivity index (χ4n) is 8.24. The molecule has 2 unspecified atom stereocenters. The van der Waals surface area contributed by atoms with Crippen molar-refractivity contribution in [1.82, 2.24) is 14.5 Å². The summed E-state index contributed by atoms with van der Waals surface area (Å²) >= 11 is 0. The lowest BCUT2D eigenvalue weighted by Gasteiger charge is -2.41. The van der Waals surface area contributed by atoms with E-state index in [1.807, 2.05) is 54.6 Å². The lowest BCUT2D eigenvalue weighted by molar-refractivity contribution is 0.541. The van der Waals surface area contributed by atoms with E-state index in [0.717, 1.165) is 57.8 Å². The molecule has 2 aromatic heterocycles. The van der Waals surface area contributed by atoms with Crippen molar-refractivity contribution in [3.8, 4) is 57.5 Å². The smallest absolute Gasteiger partial charge is 0.160 e. The Morgan fingerprint density at radius 3 is 2.39 bits per heavy atom. The van der Waals surface area contributed by atoms with Gasteiger partial charge in [-0.3, -0.25) is 0 Å². The van der Waals surface area contributed by atoms with E-state index >= 15 is 0 Å². The van der Waals surface area contributed by atoms with Crippen LogP contribution in [0.4, 0.5) is 5.69 Å². The first-order valence-electron chi connectivity index (χ1n) is 18.3. The molecule has 7 aromatic rings. The third-order valence-corrected chi connectivity index (χ3v) is 10.7. The Morgan fingerprint density at radius 2 is 1.52 bits per heavy atom. The molecule has 0 saturated heterocycles. The van der Waals surface area contributed by atoms with Crippen LogP contribution in [0.3, 0.4) is 0 Å². The molecule has 5 nitrogen and oxygen atoms in total. The summed E-state index contributed by atoms with van der Waals surface area (Å²) in [5, 5.41) is 10.7. The predicted octanol–water partition coefficient (Wildman–Crippen LogP) is 11.2. The van der Waals surface area contributed by atoms with Crippen LogP contribution in [0.25, 0.3) is 56.6 Å². The van der Waals surface area contributed by atoms with Gasteiger partial charge in [-0.15, -0.1) is 0 Å². The molecule has 0 N–H and O–H groups in total. The molecule has 0 fully saturated rings. The molecule has 10 rings (SSSR count). The molecular weight excluding hydrogens is 659 g/mol. The van der Waals surface area contributed by atoms with E-state index in [2.05, 4.69) is 137 Å². The van der Waals surface area contributed by atoms with Crippen molar-refractivity contribution >= 4 is 22.7 Å². The monoisotopic (exact) mass is 691 g/mol. The minimum Gasteiger partial charge on any atom is -0.325 e. The second-order valence-electron chi connectivity index (χ2n) is 13.9. The number of para-hydroxylation sites is 2. The summed E-state index contributed by atoms with van der Waals surface area (Å²) in [6.07, 6.45) is 12.9. The van der Waals surface area contributed by atoms with Gasteiger partial charge >= 0.3 is 0 Å². The van der Waals surface area contributed by atoms with E-state index < -0.39 is 0 Å². The molecule has 0 radical (unpaired) electrons. The molecule has 1 aliphatic heterocycles. The van der Waals surface area contributed by atoms with E-state index in [-0.39, 0.29) is 12.0 Å². The Kier molecular flexibility index (Phi) is 7.64. The number of anilines is 1. The maximum Gasteiger partial charge on any atom is 0.160 e. The Labute approximate surface area is 314 Å². The minimum atomic E-state index is 0.0322. The summed E-state index contributed by atoms with van der Waals surface area (Å²) in [6.45, 7) is 0. The maximum atomic E-state index is 9.43. The van der Waals surface area contributed by atoms with Gasteiger partial charge in [0.1, 0.15) is 0 Å². The molecule has 254 valence electrons. The van der Waals surface area contributed by atoms with Crippen molar-refractivity contribution in [2.24, 2.45) is 0 Å². The molecule has 0 spiro atoms. The van der Waals surface area contributed by atoms with Crippen LogP contribution >= 0.6 is 0 Å². The highest BCUT2D eigenvalue weighted by Crippen LogP contribution is 2.52. The molecule has 0 saturated carbocycles. The van der Waals surface area contributed by atoms with Crippen LogP contribution in [0.5, 0.6) is 0 Å². The molecule has 5 heteroatoms. The molecule has 2 bridgehead atoms. The molecule has 2 atom stereocenters. The number of benzene rings is 5. The zero-order valence-corrected chi connectivity index (χ0v) is 29.4. The van der Waals surface area contributed by atoms with Crippen molar-refractivity contribution < 1.29 is 0 Å². The van der Waals surface area contributed by atoms with Gasteiger partial charge in [0.2, 0.25) is 0 Å². The Balaban J connectivity index is 1.18.